The molecule has 9 heteroatoms. The van der Waals surface area contributed by atoms with E-state index in [1.54, 1.807) is 18.4 Å². The molecular formula is C23H30N2O6S. The number of sulfonamides is 1. The summed E-state index contributed by atoms with van der Waals surface area (Å²) in [6.07, 6.45) is 4.96. The number of piperidine rings is 1. The summed E-state index contributed by atoms with van der Waals surface area (Å²) in [7, 11) is -3.66. The van der Waals surface area contributed by atoms with E-state index in [4.69, 9.17) is 13.9 Å². The molecule has 0 aliphatic carbocycles. The average Bonchev–Trinajstić information content (AvgIpc) is 3.21. The maximum Gasteiger partial charge on any atom is 0.243 e. The van der Waals surface area contributed by atoms with Crippen LogP contribution in [0.3, 0.4) is 0 Å². The summed E-state index contributed by atoms with van der Waals surface area (Å²) >= 11 is 0. The largest absolute Gasteiger partial charge is 0.490 e. The first kappa shape index (κ1) is 22.7. The number of carbonyl (C=O) groups excluding carboxylic acids is 1. The molecule has 0 unspecified atom stereocenters. The summed E-state index contributed by atoms with van der Waals surface area (Å²) in [4.78, 5) is 12.8. The van der Waals surface area contributed by atoms with Gasteiger partial charge in [0.2, 0.25) is 15.9 Å². The number of benzene rings is 1. The van der Waals surface area contributed by atoms with Crippen LogP contribution in [0.5, 0.6) is 11.5 Å². The van der Waals surface area contributed by atoms with Crippen molar-refractivity contribution in [3.8, 4) is 11.5 Å². The molecule has 0 bridgehead atoms. The van der Waals surface area contributed by atoms with Gasteiger partial charge in [0, 0.05) is 44.0 Å². The lowest BCUT2D eigenvalue weighted by Gasteiger charge is -2.31. The number of aryl methyl sites for hydroxylation is 1. The number of nitrogens with zero attached hydrogens (tertiary/aromatic N) is 1. The third-order valence-corrected chi connectivity index (χ3v) is 7.87. The van der Waals surface area contributed by atoms with Gasteiger partial charge >= 0.3 is 0 Å². The number of rotatable bonds is 7. The average molecular weight is 463 g/mol. The number of fused-ring (bicyclic) bond motifs is 1. The quantitative estimate of drug-likeness (QED) is 0.679. The highest BCUT2D eigenvalue weighted by Crippen LogP contribution is 2.33. The molecule has 8 nitrogen and oxygen atoms in total. The Kier molecular flexibility index (Phi) is 7.05. The zero-order valence-corrected chi connectivity index (χ0v) is 19.1. The molecule has 1 N–H and O–H groups in total. The van der Waals surface area contributed by atoms with E-state index in [-0.39, 0.29) is 22.8 Å². The monoisotopic (exact) mass is 462 g/mol. The van der Waals surface area contributed by atoms with Gasteiger partial charge in [0.05, 0.1) is 24.4 Å². The van der Waals surface area contributed by atoms with Gasteiger partial charge in [-0.25, -0.2) is 8.42 Å². The summed E-state index contributed by atoms with van der Waals surface area (Å²) in [5.41, 5.74) is 0. The van der Waals surface area contributed by atoms with E-state index >= 15 is 0 Å². The fourth-order valence-electron chi connectivity index (χ4n) is 4.06. The van der Waals surface area contributed by atoms with Crippen molar-refractivity contribution in [2.24, 2.45) is 5.92 Å². The lowest BCUT2D eigenvalue weighted by Crippen LogP contribution is -2.44. The van der Waals surface area contributed by atoms with Crippen LogP contribution in [0.15, 0.2) is 45.9 Å². The summed E-state index contributed by atoms with van der Waals surface area (Å²) < 4.78 is 44.3. The Balaban J connectivity index is 1.30. The predicted molar refractivity (Wildman–Crippen MR) is 118 cm³/mol. The van der Waals surface area contributed by atoms with Gasteiger partial charge < -0.3 is 19.2 Å². The molecule has 32 heavy (non-hydrogen) atoms. The number of amides is 1. The smallest absolute Gasteiger partial charge is 0.243 e. The van der Waals surface area contributed by atoms with Gasteiger partial charge in [-0.15, -0.1) is 0 Å². The second-order valence-corrected chi connectivity index (χ2v) is 10.3. The first-order valence-electron chi connectivity index (χ1n) is 11.2. The molecule has 0 spiro atoms. The third-order valence-electron chi connectivity index (χ3n) is 5.97. The molecule has 2 aliphatic heterocycles. The fourth-order valence-corrected chi connectivity index (χ4v) is 5.54. The Morgan fingerprint density at radius 2 is 1.91 bits per heavy atom. The van der Waals surface area contributed by atoms with Gasteiger partial charge in [-0.3, -0.25) is 4.79 Å². The lowest BCUT2D eigenvalue weighted by atomic mass is 9.96. The molecule has 2 aliphatic rings. The van der Waals surface area contributed by atoms with Gasteiger partial charge in [-0.1, -0.05) is 0 Å². The van der Waals surface area contributed by atoms with E-state index in [9.17, 15) is 13.2 Å². The van der Waals surface area contributed by atoms with E-state index in [1.165, 1.54) is 10.4 Å². The predicted octanol–water partition coefficient (Wildman–Crippen LogP) is 2.98. The Morgan fingerprint density at radius 1 is 1.16 bits per heavy atom. The van der Waals surface area contributed by atoms with Gasteiger partial charge in [-0.2, -0.15) is 4.31 Å². The van der Waals surface area contributed by atoms with Crippen LogP contribution in [0.2, 0.25) is 0 Å². The highest BCUT2D eigenvalue weighted by molar-refractivity contribution is 7.89. The van der Waals surface area contributed by atoms with Crippen molar-refractivity contribution in [1.82, 2.24) is 9.62 Å². The normalized spacial score (nSPS) is 18.7. The van der Waals surface area contributed by atoms with Gasteiger partial charge in [-0.05, 0) is 50.5 Å². The number of hydrogen-bond donors (Lipinski definition) is 1. The second kappa shape index (κ2) is 9.95. The molecule has 3 heterocycles. The van der Waals surface area contributed by atoms with E-state index in [0.29, 0.717) is 50.6 Å². The Hall–Kier alpha value is -2.52. The number of nitrogens with one attached hydrogen (secondary N) is 1. The minimum atomic E-state index is -3.66. The van der Waals surface area contributed by atoms with Crippen molar-refractivity contribution in [3.05, 3.63) is 42.4 Å². The standard InChI is InChI=1S/C23H30N2O6S/c1-17(5-6-19-4-2-13-29-19)24-23(26)18-9-11-25(12-10-18)32(27,28)20-7-8-21-22(16-20)31-15-3-14-30-21/h2,4,7-8,13,16-18H,3,5-6,9-12,14-15H2,1H3,(H,24,26)/t17-/m1/s1. The highest BCUT2D eigenvalue weighted by atomic mass is 32.2. The molecule has 1 amide bonds. The molecular weight excluding hydrogens is 432 g/mol. The van der Waals surface area contributed by atoms with Crippen LogP contribution >= 0.6 is 0 Å². The maximum atomic E-state index is 13.1. The number of ether oxygens (including phenoxy) is 2. The first-order chi connectivity index (χ1) is 15.4. The molecule has 1 atom stereocenters. The zero-order valence-electron chi connectivity index (χ0n) is 18.3. The fraction of sp³-hybridized carbons (Fsp3) is 0.522. The van der Waals surface area contributed by atoms with Crippen molar-refractivity contribution in [2.45, 2.75) is 50.0 Å². The molecule has 174 valence electrons. The molecule has 4 rings (SSSR count). The molecule has 1 aromatic carbocycles. The van der Waals surface area contributed by atoms with Crippen molar-refractivity contribution in [3.63, 3.8) is 0 Å². The zero-order chi connectivity index (χ0) is 22.6. The maximum absolute atomic E-state index is 13.1. The second-order valence-electron chi connectivity index (χ2n) is 8.37. The first-order valence-corrected chi connectivity index (χ1v) is 12.6. The molecule has 1 aromatic heterocycles. The van der Waals surface area contributed by atoms with Gasteiger partial charge in [0.15, 0.2) is 11.5 Å². The molecule has 0 saturated carbocycles. The van der Waals surface area contributed by atoms with Gasteiger partial charge in [0.1, 0.15) is 5.76 Å². The van der Waals surface area contributed by atoms with Gasteiger partial charge in [0.25, 0.3) is 0 Å². The number of carbonyl (C=O) groups is 1. The summed E-state index contributed by atoms with van der Waals surface area (Å²) in [6, 6.07) is 8.55. The topological polar surface area (TPSA) is 98.1 Å². The van der Waals surface area contributed by atoms with Crippen LogP contribution in [0.25, 0.3) is 0 Å². The minimum Gasteiger partial charge on any atom is -0.490 e. The number of hydrogen-bond acceptors (Lipinski definition) is 6. The van der Waals surface area contributed by atoms with E-state index in [0.717, 1.165) is 25.0 Å². The summed E-state index contributed by atoms with van der Waals surface area (Å²) in [5, 5.41) is 3.06. The van der Waals surface area contributed by atoms with Crippen molar-refractivity contribution < 1.29 is 27.1 Å². The van der Waals surface area contributed by atoms with E-state index in [1.807, 2.05) is 19.1 Å². The van der Waals surface area contributed by atoms with Crippen LogP contribution in [-0.2, 0) is 21.2 Å². The Morgan fingerprint density at radius 3 is 2.62 bits per heavy atom. The minimum absolute atomic E-state index is 0.00966. The van der Waals surface area contributed by atoms with Crippen LogP contribution in [-0.4, -0.2) is 51.0 Å². The molecule has 1 fully saturated rings. The number of furan rings is 1. The SMILES string of the molecule is C[C@H](CCc1ccco1)NC(=O)C1CCN(S(=O)(=O)c2ccc3c(c2)OCCCO3)CC1. The van der Waals surface area contributed by atoms with Crippen molar-refractivity contribution in [2.75, 3.05) is 26.3 Å². The van der Waals surface area contributed by atoms with Crippen LogP contribution in [0.1, 0.15) is 38.4 Å². The highest BCUT2D eigenvalue weighted by Gasteiger charge is 2.33. The lowest BCUT2D eigenvalue weighted by molar-refractivity contribution is -0.126. The Labute approximate surface area is 188 Å². The molecule has 2 aromatic rings. The summed E-state index contributed by atoms with van der Waals surface area (Å²) in [5.74, 6) is 1.74. The van der Waals surface area contributed by atoms with Crippen LogP contribution in [0.4, 0.5) is 0 Å². The van der Waals surface area contributed by atoms with Crippen LogP contribution < -0.4 is 14.8 Å². The van der Waals surface area contributed by atoms with Crippen molar-refractivity contribution >= 4 is 15.9 Å². The molecule has 0 radical (unpaired) electrons. The van der Waals surface area contributed by atoms with Crippen molar-refractivity contribution in [1.29, 1.82) is 0 Å². The summed E-state index contributed by atoms with van der Waals surface area (Å²) in [6.45, 7) is 3.66. The van der Waals surface area contributed by atoms with E-state index in [2.05, 4.69) is 5.32 Å². The Bertz CT molecular complexity index is 1010. The third kappa shape index (κ3) is 5.27. The molecule has 1 saturated heterocycles. The van der Waals surface area contributed by atoms with E-state index < -0.39 is 10.0 Å². The van der Waals surface area contributed by atoms with Crippen LogP contribution in [0, 0.1) is 5.92 Å².